The fraction of sp³-hybridized carbons (Fsp3) is 0.500. The van der Waals surface area contributed by atoms with Crippen molar-refractivity contribution < 1.29 is 14.4 Å². The molecule has 0 aromatic heterocycles. The van der Waals surface area contributed by atoms with E-state index in [-0.39, 0.29) is 23.6 Å². The molecule has 2 fully saturated rings. The minimum Gasteiger partial charge on any atom is -0.335 e. The van der Waals surface area contributed by atoms with Gasteiger partial charge in [0.1, 0.15) is 0 Å². The van der Waals surface area contributed by atoms with E-state index in [0.29, 0.717) is 30.4 Å². The number of ketones is 1. The Morgan fingerprint density at radius 1 is 1.17 bits per heavy atom. The van der Waals surface area contributed by atoms with Gasteiger partial charge in [-0.15, -0.1) is 0 Å². The van der Waals surface area contributed by atoms with Gasteiger partial charge >= 0.3 is 6.03 Å². The average Bonchev–Trinajstić information content (AvgIpc) is 3.39. The molecule has 0 spiro atoms. The number of carbonyl (C=O) groups excluding carboxylic acids is 3. The van der Waals surface area contributed by atoms with Gasteiger partial charge in [0.05, 0.1) is 5.92 Å². The van der Waals surface area contributed by atoms with E-state index in [2.05, 4.69) is 10.6 Å². The molecule has 1 saturated heterocycles. The maximum Gasteiger partial charge on any atom is 0.317 e. The van der Waals surface area contributed by atoms with Crippen molar-refractivity contribution in [3.8, 4) is 0 Å². The van der Waals surface area contributed by atoms with Crippen molar-refractivity contribution in [1.29, 1.82) is 0 Å². The van der Waals surface area contributed by atoms with Crippen LogP contribution in [0.25, 0.3) is 0 Å². The molecule has 2 aliphatic rings. The molecule has 1 heterocycles. The lowest BCUT2D eigenvalue weighted by Crippen LogP contribution is -2.48. The number of benzene rings is 1. The molecule has 1 aliphatic heterocycles. The minimum absolute atomic E-state index is 0.0355. The van der Waals surface area contributed by atoms with Gasteiger partial charge in [0.25, 0.3) is 0 Å². The van der Waals surface area contributed by atoms with Gasteiger partial charge in [-0.2, -0.15) is 0 Å². The van der Waals surface area contributed by atoms with Gasteiger partial charge in [0.2, 0.25) is 5.91 Å². The Hall–Kier alpha value is -2.37. The predicted molar refractivity (Wildman–Crippen MR) is 90.9 cm³/mol. The van der Waals surface area contributed by atoms with E-state index >= 15 is 0 Å². The third-order valence-electron chi connectivity index (χ3n) is 4.52. The summed E-state index contributed by atoms with van der Waals surface area (Å²) in [5.74, 6) is -0.351. The zero-order valence-corrected chi connectivity index (χ0v) is 13.9. The third-order valence-corrected chi connectivity index (χ3v) is 4.52. The van der Waals surface area contributed by atoms with E-state index in [9.17, 15) is 14.4 Å². The maximum absolute atomic E-state index is 12.5. The monoisotopic (exact) mass is 329 g/mol. The van der Waals surface area contributed by atoms with Crippen molar-refractivity contribution in [2.45, 2.75) is 38.6 Å². The highest BCUT2D eigenvalue weighted by atomic mass is 16.2. The molecule has 1 aromatic carbocycles. The first-order valence-electron chi connectivity index (χ1n) is 8.50. The van der Waals surface area contributed by atoms with Crippen molar-refractivity contribution in [2.24, 2.45) is 5.92 Å². The summed E-state index contributed by atoms with van der Waals surface area (Å²) in [6.07, 6.45) is 3.70. The molecule has 1 aliphatic carbocycles. The average molecular weight is 329 g/mol. The number of likely N-dealkylation sites (tertiary alicyclic amines) is 1. The molecule has 1 saturated carbocycles. The van der Waals surface area contributed by atoms with E-state index in [0.717, 1.165) is 25.7 Å². The molecule has 2 N–H and O–H groups in total. The second-order valence-electron chi connectivity index (χ2n) is 6.64. The van der Waals surface area contributed by atoms with E-state index in [1.165, 1.54) is 6.92 Å². The molecule has 3 rings (SSSR count). The lowest BCUT2D eigenvalue weighted by molar-refractivity contribution is -0.121. The summed E-state index contributed by atoms with van der Waals surface area (Å²) >= 11 is 0. The van der Waals surface area contributed by atoms with Crippen LogP contribution < -0.4 is 10.6 Å². The SMILES string of the molecule is CC(=O)c1cccc(NC(=O)C2CCCN(C(=O)NC3CC3)C2)c1. The number of urea groups is 1. The third kappa shape index (κ3) is 4.13. The number of anilines is 1. The van der Waals surface area contributed by atoms with Gasteiger partial charge in [-0.25, -0.2) is 4.79 Å². The normalized spacial score (nSPS) is 20.4. The van der Waals surface area contributed by atoms with E-state index < -0.39 is 0 Å². The van der Waals surface area contributed by atoms with E-state index in [1.807, 2.05) is 0 Å². The number of piperidine rings is 1. The number of nitrogens with zero attached hydrogens (tertiary/aromatic N) is 1. The van der Waals surface area contributed by atoms with Gasteiger partial charge in [0.15, 0.2) is 5.78 Å². The zero-order chi connectivity index (χ0) is 17.1. The first kappa shape index (κ1) is 16.5. The molecule has 1 atom stereocenters. The summed E-state index contributed by atoms with van der Waals surface area (Å²) in [5.41, 5.74) is 1.19. The van der Waals surface area contributed by atoms with Crippen LogP contribution in [-0.4, -0.2) is 41.8 Å². The lowest BCUT2D eigenvalue weighted by Gasteiger charge is -2.32. The minimum atomic E-state index is -0.218. The number of hydrogen-bond donors (Lipinski definition) is 2. The van der Waals surface area contributed by atoms with Crippen LogP contribution in [0, 0.1) is 5.92 Å². The Labute approximate surface area is 141 Å². The second kappa shape index (κ2) is 7.03. The maximum atomic E-state index is 12.5. The molecular formula is C18H23N3O3. The summed E-state index contributed by atoms with van der Waals surface area (Å²) < 4.78 is 0. The van der Waals surface area contributed by atoms with Gasteiger partial charge in [-0.05, 0) is 44.7 Å². The highest BCUT2D eigenvalue weighted by Crippen LogP contribution is 2.22. The molecule has 24 heavy (non-hydrogen) atoms. The molecule has 0 bridgehead atoms. The number of amides is 3. The van der Waals surface area contributed by atoms with Crippen molar-refractivity contribution in [2.75, 3.05) is 18.4 Å². The first-order chi connectivity index (χ1) is 11.5. The molecule has 6 heteroatoms. The van der Waals surface area contributed by atoms with E-state index in [4.69, 9.17) is 0 Å². The molecule has 0 radical (unpaired) electrons. The Morgan fingerprint density at radius 3 is 2.67 bits per heavy atom. The number of hydrogen-bond acceptors (Lipinski definition) is 3. The smallest absolute Gasteiger partial charge is 0.317 e. The largest absolute Gasteiger partial charge is 0.335 e. The second-order valence-corrected chi connectivity index (χ2v) is 6.64. The number of nitrogens with one attached hydrogen (secondary N) is 2. The van der Waals surface area contributed by atoms with E-state index in [1.54, 1.807) is 29.2 Å². The Morgan fingerprint density at radius 2 is 1.96 bits per heavy atom. The Kier molecular flexibility index (Phi) is 4.83. The Bertz CT molecular complexity index is 655. The van der Waals surface area contributed by atoms with Gasteiger partial charge in [-0.1, -0.05) is 12.1 Å². The fourth-order valence-corrected chi connectivity index (χ4v) is 2.93. The molecule has 128 valence electrons. The number of carbonyl (C=O) groups is 3. The van der Waals surface area contributed by atoms with Crippen LogP contribution in [0.3, 0.4) is 0 Å². The summed E-state index contributed by atoms with van der Waals surface area (Å²) in [7, 11) is 0. The van der Waals surface area contributed by atoms with Crippen molar-refractivity contribution in [1.82, 2.24) is 10.2 Å². The highest BCUT2D eigenvalue weighted by molar-refractivity contribution is 5.97. The lowest BCUT2D eigenvalue weighted by atomic mass is 9.97. The number of Topliss-reactive ketones (excluding diaryl/α,β-unsaturated/α-hetero) is 1. The van der Waals surface area contributed by atoms with Crippen molar-refractivity contribution in [3.05, 3.63) is 29.8 Å². The summed E-state index contributed by atoms with van der Waals surface area (Å²) in [4.78, 5) is 37.8. The van der Waals surface area contributed by atoms with Crippen LogP contribution in [-0.2, 0) is 4.79 Å². The molecule has 1 aromatic rings. The zero-order valence-electron chi connectivity index (χ0n) is 13.9. The van der Waals surface area contributed by atoms with Crippen LogP contribution in [0.4, 0.5) is 10.5 Å². The van der Waals surface area contributed by atoms with Gasteiger partial charge in [0, 0.05) is 30.4 Å². The van der Waals surface area contributed by atoms with Gasteiger partial charge < -0.3 is 15.5 Å². The van der Waals surface area contributed by atoms with Crippen molar-refractivity contribution >= 4 is 23.4 Å². The summed E-state index contributed by atoms with van der Waals surface area (Å²) in [6.45, 7) is 2.64. The fourth-order valence-electron chi connectivity index (χ4n) is 2.93. The topological polar surface area (TPSA) is 78.5 Å². The molecule has 6 nitrogen and oxygen atoms in total. The van der Waals surface area contributed by atoms with Crippen LogP contribution in [0.15, 0.2) is 24.3 Å². The summed E-state index contributed by atoms with van der Waals surface area (Å²) in [6, 6.07) is 7.19. The van der Waals surface area contributed by atoms with Crippen LogP contribution in [0.1, 0.15) is 43.0 Å². The number of rotatable bonds is 4. The predicted octanol–water partition coefficient (Wildman–Crippen LogP) is 2.41. The van der Waals surface area contributed by atoms with Crippen molar-refractivity contribution in [3.63, 3.8) is 0 Å². The van der Waals surface area contributed by atoms with Crippen LogP contribution >= 0.6 is 0 Å². The highest BCUT2D eigenvalue weighted by Gasteiger charge is 2.31. The molecule has 1 unspecified atom stereocenters. The summed E-state index contributed by atoms with van der Waals surface area (Å²) in [5, 5.41) is 5.84. The quantitative estimate of drug-likeness (QED) is 0.833. The van der Waals surface area contributed by atoms with Crippen LogP contribution in [0.5, 0.6) is 0 Å². The van der Waals surface area contributed by atoms with Crippen LogP contribution in [0.2, 0.25) is 0 Å². The standard InChI is InChI=1S/C18H23N3O3/c1-12(22)13-4-2-6-16(10-13)19-17(23)14-5-3-9-21(11-14)18(24)20-15-7-8-15/h2,4,6,10,14-15H,3,5,7-9,11H2,1H3,(H,19,23)(H,20,24). The molecular weight excluding hydrogens is 306 g/mol. The first-order valence-corrected chi connectivity index (χ1v) is 8.50. The molecule has 3 amide bonds. The Balaban J connectivity index is 1.58. The van der Waals surface area contributed by atoms with Gasteiger partial charge in [-0.3, -0.25) is 9.59 Å².